The molecule has 2 N–H and O–H groups in total. The maximum Gasteiger partial charge on any atom is 0.416 e. The van der Waals surface area contributed by atoms with Crippen molar-refractivity contribution in [1.82, 2.24) is 10.2 Å². The Morgan fingerprint density at radius 1 is 1.43 bits per heavy atom. The summed E-state index contributed by atoms with van der Waals surface area (Å²) in [6, 6.07) is 4.41. The number of urea groups is 1. The molecule has 1 saturated heterocycles. The van der Waals surface area contributed by atoms with Gasteiger partial charge in [-0.1, -0.05) is 18.2 Å². The van der Waals surface area contributed by atoms with Gasteiger partial charge in [0.25, 0.3) is 0 Å². The summed E-state index contributed by atoms with van der Waals surface area (Å²) >= 11 is 0. The number of hydrogen-bond acceptors (Lipinski definition) is 2. The highest BCUT2D eigenvalue weighted by molar-refractivity contribution is 5.75. The van der Waals surface area contributed by atoms with E-state index in [4.69, 9.17) is 0 Å². The van der Waals surface area contributed by atoms with Crippen LogP contribution in [0.2, 0.25) is 0 Å². The largest absolute Gasteiger partial charge is 0.416 e. The van der Waals surface area contributed by atoms with E-state index in [1.807, 2.05) is 0 Å². The van der Waals surface area contributed by atoms with Gasteiger partial charge in [-0.15, -0.1) is 0 Å². The van der Waals surface area contributed by atoms with Gasteiger partial charge in [-0.2, -0.15) is 13.2 Å². The third-order valence-corrected chi connectivity index (χ3v) is 4.07. The van der Waals surface area contributed by atoms with Crippen LogP contribution in [0, 0.1) is 0 Å². The van der Waals surface area contributed by atoms with Crippen molar-refractivity contribution in [3.05, 3.63) is 35.4 Å². The van der Waals surface area contributed by atoms with E-state index in [-0.39, 0.29) is 30.7 Å². The number of hydrogen-bond donors (Lipinski definition) is 2. The monoisotopic (exact) mass is 330 g/mol. The molecule has 0 radical (unpaired) electrons. The third-order valence-electron chi connectivity index (χ3n) is 4.07. The lowest BCUT2D eigenvalue weighted by Gasteiger charge is -2.26. The van der Waals surface area contributed by atoms with Crippen LogP contribution in [-0.2, 0) is 12.6 Å². The molecule has 0 aromatic heterocycles. The molecule has 0 bridgehead atoms. The number of alkyl halides is 3. The first kappa shape index (κ1) is 17.6. The number of nitrogens with zero attached hydrogens (tertiary/aromatic N) is 1. The van der Waals surface area contributed by atoms with Crippen molar-refractivity contribution in [3.63, 3.8) is 0 Å². The average molecular weight is 330 g/mol. The van der Waals surface area contributed by atoms with Gasteiger partial charge >= 0.3 is 12.2 Å². The fraction of sp³-hybridized carbons (Fsp3) is 0.562. The average Bonchev–Trinajstić information content (AvgIpc) is 2.95. The van der Waals surface area contributed by atoms with Gasteiger partial charge < -0.3 is 15.3 Å². The summed E-state index contributed by atoms with van der Waals surface area (Å²) in [6.45, 7) is 2.14. The highest BCUT2D eigenvalue weighted by atomic mass is 19.4. The topological polar surface area (TPSA) is 52.6 Å². The van der Waals surface area contributed by atoms with E-state index in [0.717, 1.165) is 18.9 Å². The molecule has 0 aliphatic carbocycles. The fourth-order valence-corrected chi connectivity index (χ4v) is 2.94. The molecular weight excluding hydrogens is 309 g/mol. The molecule has 2 atom stereocenters. The Labute approximate surface area is 133 Å². The predicted molar refractivity (Wildman–Crippen MR) is 80.0 cm³/mol. The van der Waals surface area contributed by atoms with Crippen LogP contribution in [0.3, 0.4) is 0 Å². The molecule has 128 valence electrons. The molecule has 0 unspecified atom stereocenters. The summed E-state index contributed by atoms with van der Waals surface area (Å²) in [5.41, 5.74) is -0.511. The third kappa shape index (κ3) is 4.37. The Kier molecular flexibility index (Phi) is 5.51. The summed E-state index contributed by atoms with van der Waals surface area (Å²) in [7, 11) is 0. The first-order chi connectivity index (χ1) is 10.8. The Hall–Kier alpha value is -1.76. The summed E-state index contributed by atoms with van der Waals surface area (Å²) in [5, 5.41) is 12.0. The number of nitrogens with one attached hydrogen (secondary N) is 1. The summed E-state index contributed by atoms with van der Waals surface area (Å²) in [6.07, 6.45) is -2.74. The van der Waals surface area contributed by atoms with Crippen LogP contribution in [0.5, 0.6) is 0 Å². The van der Waals surface area contributed by atoms with Gasteiger partial charge in [0.15, 0.2) is 0 Å². The van der Waals surface area contributed by atoms with E-state index in [1.54, 1.807) is 17.9 Å². The molecule has 1 aromatic rings. The maximum absolute atomic E-state index is 13.0. The lowest BCUT2D eigenvalue weighted by atomic mass is 10.0. The number of benzene rings is 1. The molecule has 0 spiro atoms. The van der Waals surface area contributed by atoms with Gasteiger partial charge in [0, 0.05) is 12.6 Å². The first-order valence-electron chi connectivity index (χ1n) is 7.66. The van der Waals surface area contributed by atoms with Crippen LogP contribution >= 0.6 is 0 Å². The van der Waals surface area contributed by atoms with E-state index >= 15 is 0 Å². The van der Waals surface area contributed by atoms with Crippen molar-refractivity contribution in [1.29, 1.82) is 0 Å². The van der Waals surface area contributed by atoms with Gasteiger partial charge in [0.2, 0.25) is 0 Å². The standard InChI is InChI=1S/C16H21F3N2O2/c1-11(20-15(23)21-8-4-6-13(21)10-22)9-12-5-2-3-7-14(12)16(17,18)19/h2-3,5,7,11,13,22H,4,6,8-10H2,1H3,(H,20,23)/t11-,13-/m1/s1. The molecule has 2 rings (SSSR count). The Morgan fingerprint density at radius 2 is 2.13 bits per heavy atom. The Bertz CT molecular complexity index is 548. The minimum atomic E-state index is -4.41. The smallest absolute Gasteiger partial charge is 0.394 e. The fourth-order valence-electron chi connectivity index (χ4n) is 2.94. The molecule has 2 amide bonds. The summed E-state index contributed by atoms with van der Waals surface area (Å²) < 4.78 is 38.9. The first-order valence-corrected chi connectivity index (χ1v) is 7.66. The van der Waals surface area contributed by atoms with Crippen molar-refractivity contribution < 1.29 is 23.1 Å². The van der Waals surface area contributed by atoms with Crippen molar-refractivity contribution in [2.45, 2.75) is 44.4 Å². The zero-order chi connectivity index (χ0) is 17.0. The molecule has 4 nitrogen and oxygen atoms in total. The summed E-state index contributed by atoms with van der Waals surface area (Å²) in [5.74, 6) is 0. The van der Waals surface area contributed by atoms with E-state index in [9.17, 15) is 23.1 Å². The second-order valence-electron chi connectivity index (χ2n) is 5.88. The van der Waals surface area contributed by atoms with Crippen LogP contribution in [0.15, 0.2) is 24.3 Å². The number of rotatable bonds is 4. The van der Waals surface area contributed by atoms with Crippen molar-refractivity contribution in [2.75, 3.05) is 13.2 Å². The molecule has 1 aliphatic heterocycles. The highest BCUT2D eigenvalue weighted by Gasteiger charge is 2.33. The molecule has 7 heteroatoms. The lowest BCUT2D eigenvalue weighted by Crippen LogP contribution is -2.47. The van der Waals surface area contributed by atoms with Crippen molar-refractivity contribution in [2.24, 2.45) is 0 Å². The Balaban J connectivity index is 2.00. The van der Waals surface area contributed by atoms with Crippen LogP contribution in [0.25, 0.3) is 0 Å². The van der Waals surface area contributed by atoms with Crippen LogP contribution in [0.1, 0.15) is 30.9 Å². The van der Waals surface area contributed by atoms with E-state index < -0.39 is 17.8 Å². The number of carbonyl (C=O) groups excluding carboxylic acids is 1. The van der Waals surface area contributed by atoms with Gasteiger partial charge in [-0.05, 0) is 37.8 Å². The highest BCUT2D eigenvalue weighted by Crippen LogP contribution is 2.32. The van der Waals surface area contributed by atoms with Gasteiger partial charge in [-0.25, -0.2) is 4.79 Å². The molecule has 23 heavy (non-hydrogen) atoms. The second kappa shape index (κ2) is 7.21. The number of halogens is 3. The molecule has 1 aromatic carbocycles. The second-order valence-corrected chi connectivity index (χ2v) is 5.88. The molecule has 1 aliphatic rings. The quantitative estimate of drug-likeness (QED) is 0.892. The maximum atomic E-state index is 13.0. The number of amides is 2. The zero-order valence-corrected chi connectivity index (χ0v) is 12.9. The van der Waals surface area contributed by atoms with Crippen molar-refractivity contribution >= 4 is 6.03 Å². The number of aliphatic hydroxyl groups excluding tert-OH is 1. The number of likely N-dealkylation sites (tertiary alicyclic amines) is 1. The van der Waals surface area contributed by atoms with Gasteiger partial charge in [0.05, 0.1) is 18.2 Å². The predicted octanol–water partition coefficient (Wildman–Crippen LogP) is 2.80. The minimum Gasteiger partial charge on any atom is -0.394 e. The van der Waals surface area contributed by atoms with Crippen LogP contribution in [-0.4, -0.2) is 41.3 Å². The molecule has 1 heterocycles. The zero-order valence-electron chi connectivity index (χ0n) is 12.9. The SMILES string of the molecule is C[C@H](Cc1ccccc1C(F)(F)F)NC(=O)N1CCC[C@@H]1CO. The number of aliphatic hydroxyl groups is 1. The van der Waals surface area contributed by atoms with E-state index in [1.165, 1.54) is 12.1 Å². The molecule has 1 fully saturated rings. The Morgan fingerprint density at radius 3 is 2.78 bits per heavy atom. The lowest BCUT2D eigenvalue weighted by molar-refractivity contribution is -0.138. The molecular formula is C16H21F3N2O2. The van der Waals surface area contributed by atoms with E-state index in [0.29, 0.717) is 6.54 Å². The number of carbonyl (C=O) groups is 1. The normalized spacial score (nSPS) is 19.7. The molecule has 0 saturated carbocycles. The summed E-state index contributed by atoms with van der Waals surface area (Å²) in [4.78, 5) is 13.7. The van der Waals surface area contributed by atoms with Crippen LogP contribution < -0.4 is 5.32 Å². The van der Waals surface area contributed by atoms with Gasteiger partial charge in [-0.3, -0.25) is 0 Å². The minimum absolute atomic E-state index is 0.0963. The van der Waals surface area contributed by atoms with E-state index in [2.05, 4.69) is 5.32 Å². The van der Waals surface area contributed by atoms with Crippen molar-refractivity contribution in [3.8, 4) is 0 Å². The van der Waals surface area contributed by atoms with Gasteiger partial charge in [0.1, 0.15) is 0 Å². The van der Waals surface area contributed by atoms with Crippen LogP contribution in [0.4, 0.5) is 18.0 Å².